The standard InChI is InChI=1S/C15H21F3N4O3/c1-21-6-7-24-11(9-21)14(23)22-5-3-2-4-10(22)13-20-19-12(25-13)8-15(16,17)18/h10-11H,2-9H2,1H3/t10-,11-/m1/s1. The molecule has 2 atom stereocenters. The molecule has 0 bridgehead atoms. The van der Waals surface area contributed by atoms with Crippen LogP contribution in [0.5, 0.6) is 0 Å². The highest BCUT2D eigenvalue weighted by Crippen LogP contribution is 2.32. The molecule has 0 aliphatic carbocycles. The molecular weight excluding hydrogens is 341 g/mol. The summed E-state index contributed by atoms with van der Waals surface area (Å²) < 4.78 is 48.2. The first-order valence-electron chi connectivity index (χ1n) is 8.33. The first-order valence-corrected chi connectivity index (χ1v) is 8.33. The fraction of sp³-hybridized carbons (Fsp3) is 0.800. The summed E-state index contributed by atoms with van der Waals surface area (Å²) in [7, 11) is 1.91. The Morgan fingerprint density at radius 1 is 1.28 bits per heavy atom. The maximum atomic E-state index is 12.8. The van der Waals surface area contributed by atoms with E-state index < -0.39 is 30.6 Å². The first-order chi connectivity index (χ1) is 11.8. The zero-order chi connectivity index (χ0) is 18.0. The van der Waals surface area contributed by atoms with Crippen molar-refractivity contribution in [2.75, 3.05) is 33.3 Å². The molecule has 0 N–H and O–H groups in total. The van der Waals surface area contributed by atoms with Crippen molar-refractivity contribution in [2.45, 2.75) is 44.0 Å². The molecule has 2 fully saturated rings. The number of piperidine rings is 1. The third-order valence-corrected chi connectivity index (χ3v) is 4.45. The average Bonchev–Trinajstić information content (AvgIpc) is 3.00. The van der Waals surface area contributed by atoms with Gasteiger partial charge in [-0.1, -0.05) is 0 Å². The van der Waals surface area contributed by atoms with Gasteiger partial charge in [-0.15, -0.1) is 10.2 Å². The van der Waals surface area contributed by atoms with Crippen LogP contribution >= 0.6 is 0 Å². The van der Waals surface area contributed by atoms with Gasteiger partial charge in [-0.2, -0.15) is 13.2 Å². The summed E-state index contributed by atoms with van der Waals surface area (Å²) in [4.78, 5) is 16.4. The number of carbonyl (C=O) groups excluding carboxylic acids is 1. The van der Waals surface area contributed by atoms with Gasteiger partial charge in [-0.25, -0.2) is 0 Å². The fourth-order valence-electron chi connectivity index (χ4n) is 3.21. The third kappa shape index (κ3) is 4.49. The number of amides is 1. The summed E-state index contributed by atoms with van der Waals surface area (Å²) in [6.07, 6.45) is -3.99. The van der Waals surface area contributed by atoms with Crippen LogP contribution < -0.4 is 0 Å². The van der Waals surface area contributed by atoms with E-state index in [2.05, 4.69) is 10.2 Å². The van der Waals surface area contributed by atoms with E-state index in [1.165, 1.54) is 0 Å². The Morgan fingerprint density at radius 2 is 2.08 bits per heavy atom. The minimum atomic E-state index is -4.41. The highest BCUT2D eigenvalue weighted by molar-refractivity contribution is 5.81. The van der Waals surface area contributed by atoms with Crippen LogP contribution in [0, 0.1) is 0 Å². The van der Waals surface area contributed by atoms with E-state index >= 15 is 0 Å². The van der Waals surface area contributed by atoms with Crippen LogP contribution in [0.4, 0.5) is 13.2 Å². The zero-order valence-corrected chi connectivity index (χ0v) is 14.0. The van der Waals surface area contributed by atoms with Crippen LogP contribution in [-0.4, -0.2) is 71.5 Å². The smallest absolute Gasteiger partial charge is 0.397 e. The molecule has 25 heavy (non-hydrogen) atoms. The molecule has 0 unspecified atom stereocenters. The summed E-state index contributed by atoms with van der Waals surface area (Å²) in [5.41, 5.74) is 0. The molecule has 0 spiro atoms. The van der Waals surface area contributed by atoms with E-state index in [1.807, 2.05) is 11.9 Å². The van der Waals surface area contributed by atoms with Crippen molar-refractivity contribution in [2.24, 2.45) is 0 Å². The Morgan fingerprint density at radius 3 is 2.80 bits per heavy atom. The molecule has 140 valence electrons. The average molecular weight is 362 g/mol. The Labute approximate surface area is 143 Å². The van der Waals surface area contributed by atoms with Gasteiger partial charge in [-0.3, -0.25) is 4.79 Å². The summed E-state index contributed by atoms with van der Waals surface area (Å²) >= 11 is 0. The SMILES string of the molecule is CN1CCO[C@@H](C(=O)N2CCCC[C@@H]2c2nnc(CC(F)(F)F)o2)C1. The number of likely N-dealkylation sites (N-methyl/N-ethyl adjacent to an activating group) is 1. The monoisotopic (exact) mass is 362 g/mol. The number of nitrogens with zero attached hydrogens (tertiary/aromatic N) is 4. The maximum absolute atomic E-state index is 12.8. The van der Waals surface area contributed by atoms with Crippen LogP contribution in [-0.2, 0) is 16.0 Å². The van der Waals surface area contributed by atoms with Crippen LogP contribution in [0.25, 0.3) is 0 Å². The molecule has 7 nitrogen and oxygen atoms in total. The molecule has 1 aromatic heterocycles. The minimum absolute atomic E-state index is 0.0662. The number of hydrogen-bond acceptors (Lipinski definition) is 6. The normalized spacial score (nSPS) is 26.0. The molecule has 0 aromatic carbocycles. The van der Waals surface area contributed by atoms with Crippen LogP contribution in [0.1, 0.15) is 37.1 Å². The van der Waals surface area contributed by atoms with Crippen LogP contribution in [0.15, 0.2) is 4.42 Å². The van der Waals surface area contributed by atoms with Gasteiger partial charge in [0.25, 0.3) is 5.91 Å². The molecule has 1 amide bonds. The molecular formula is C15H21F3N4O3. The lowest BCUT2D eigenvalue weighted by Crippen LogP contribution is -2.51. The minimum Gasteiger partial charge on any atom is -0.423 e. The van der Waals surface area contributed by atoms with Crippen molar-refractivity contribution < 1.29 is 27.1 Å². The summed E-state index contributed by atoms with van der Waals surface area (Å²) in [6.45, 7) is 2.23. The van der Waals surface area contributed by atoms with Crippen molar-refractivity contribution in [3.63, 3.8) is 0 Å². The second-order valence-corrected chi connectivity index (χ2v) is 6.49. The van der Waals surface area contributed by atoms with E-state index in [0.717, 1.165) is 19.4 Å². The Hall–Kier alpha value is -1.68. The van der Waals surface area contributed by atoms with Crippen molar-refractivity contribution in [3.8, 4) is 0 Å². The Balaban J connectivity index is 1.73. The number of aromatic nitrogens is 2. The molecule has 2 saturated heterocycles. The molecule has 2 aliphatic heterocycles. The van der Waals surface area contributed by atoms with Gasteiger partial charge in [0, 0.05) is 19.6 Å². The Bertz CT molecular complexity index is 607. The van der Waals surface area contributed by atoms with Crippen molar-refractivity contribution in [3.05, 3.63) is 11.8 Å². The van der Waals surface area contributed by atoms with E-state index in [0.29, 0.717) is 26.1 Å². The van der Waals surface area contributed by atoms with Gasteiger partial charge in [0.1, 0.15) is 18.6 Å². The molecule has 10 heteroatoms. The van der Waals surface area contributed by atoms with Crippen molar-refractivity contribution in [1.82, 2.24) is 20.0 Å². The van der Waals surface area contributed by atoms with E-state index in [1.54, 1.807) is 4.90 Å². The van der Waals surface area contributed by atoms with Crippen LogP contribution in [0.2, 0.25) is 0 Å². The largest absolute Gasteiger partial charge is 0.423 e. The molecule has 0 saturated carbocycles. The molecule has 2 aliphatic rings. The van der Waals surface area contributed by atoms with Gasteiger partial charge in [0.15, 0.2) is 0 Å². The van der Waals surface area contributed by atoms with E-state index in [-0.39, 0.29) is 11.8 Å². The predicted octanol–water partition coefficient (Wildman–Crippen LogP) is 1.56. The molecule has 0 radical (unpaired) electrons. The first kappa shape index (κ1) is 18.1. The number of morpholine rings is 1. The van der Waals surface area contributed by atoms with Gasteiger partial charge in [-0.05, 0) is 26.3 Å². The lowest BCUT2D eigenvalue weighted by Gasteiger charge is -2.38. The van der Waals surface area contributed by atoms with Gasteiger partial charge >= 0.3 is 6.18 Å². The number of halogens is 3. The van der Waals surface area contributed by atoms with Crippen molar-refractivity contribution >= 4 is 5.91 Å². The molecule has 3 heterocycles. The molecule has 3 rings (SSSR count). The maximum Gasteiger partial charge on any atom is 0.397 e. The molecule has 1 aromatic rings. The summed E-state index contributed by atoms with van der Waals surface area (Å²) in [5.74, 6) is -0.586. The van der Waals surface area contributed by atoms with Gasteiger partial charge < -0.3 is 19.0 Å². The fourth-order valence-corrected chi connectivity index (χ4v) is 3.21. The number of alkyl halides is 3. The highest BCUT2D eigenvalue weighted by Gasteiger charge is 2.38. The second-order valence-electron chi connectivity index (χ2n) is 6.49. The number of rotatable bonds is 3. The number of carbonyl (C=O) groups is 1. The number of likely N-dealkylation sites (tertiary alicyclic amines) is 1. The number of hydrogen-bond donors (Lipinski definition) is 0. The Kier molecular flexibility index (Phi) is 5.28. The lowest BCUT2D eigenvalue weighted by molar-refractivity contribution is -0.153. The van der Waals surface area contributed by atoms with Gasteiger partial charge in [0.05, 0.1) is 6.61 Å². The lowest BCUT2D eigenvalue weighted by atomic mass is 10.0. The van der Waals surface area contributed by atoms with Crippen LogP contribution in [0.3, 0.4) is 0 Å². The van der Waals surface area contributed by atoms with E-state index in [4.69, 9.17) is 9.15 Å². The third-order valence-electron chi connectivity index (χ3n) is 4.45. The highest BCUT2D eigenvalue weighted by atomic mass is 19.4. The summed E-state index contributed by atoms with van der Waals surface area (Å²) in [5, 5.41) is 7.24. The van der Waals surface area contributed by atoms with Gasteiger partial charge in [0.2, 0.25) is 11.8 Å². The topological polar surface area (TPSA) is 71.7 Å². The predicted molar refractivity (Wildman–Crippen MR) is 79.6 cm³/mol. The zero-order valence-electron chi connectivity index (χ0n) is 14.0. The van der Waals surface area contributed by atoms with Crippen molar-refractivity contribution in [1.29, 1.82) is 0 Å². The quantitative estimate of drug-likeness (QED) is 0.813. The number of ether oxygens (including phenoxy) is 1. The van der Waals surface area contributed by atoms with E-state index in [9.17, 15) is 18.0 Å². The second kappa shape index (κ2) is 7.28. The summed E-state index contributed by atoms with van der Waals surface area (Å²) in [6, 6.07) is -0.494.